The molecule has 2 rings (SSSR count). The summed E-state index contributed by atoms with van der Waals surface area (Å²) in [6.45, 7) is 0. The highest BCUT2D eigenvalue weighted by Crippen LogP contribution is 2.56. The van der Waals surface area contributed by atoms with Crippen LogP contribution in [0.4, 0.5) is 0 Å². The van der Waals surface area contributed by atoms with Gasteiger partial charge in [0, 0.05) is 6.07 Å². The minimum absolute atomic E-state index is 0.206. The van der Waals surface area contributed by atoms with Gasteiger partial charge in [0.2, 0.25) is 0 Å². The van der Waals surface area contributed by atoms with Crippen LogP contribution in [0.5, 0.6) is 11.5 Å². The highest BCUT2D eigenvalue weighted by atomic mass is 32.2. The average Bonchev–Trinajstić information content (AvgIpc) is 3.05. The number of hydrogen-bond acceptors (Lipinski definition) is 8. The van der Waals surface area contributed by atoms with Crippen molar-refractivity contribution in [3.8, 4) is 11.5 Å². The largest absolute Gasteiger partial charge is 0.497 e. The quantitative estimate of drug-likeness (QED) is 0.746. The number of hydrogen-bond donors (Lipinski definition) is 0. The summed E-state index contributed by atoms with van der Waals surface area (Å²) in [5, 5.41) is 0. The molecule has 0 N–H and O–H groups in total. The average molecular weight is 356 g/mol. The summed E-state index contributed by atoms with van der Waals surface area (Å²) in [5.41, 5.74) is 0.858. The van der Waals surface area contributed by atoms with Gasteiger partial charge < -0.3 is 18.9 Å². The van der Waals surface area contributed by atoms with Crippen molar-refractivity contribution in [3.63, 3.8) is 0 Å². The molecule has 0 spiro atoms. The van der Waals surface area contributed by atoms with Crippen LogP contribution in [0.15, 0.2) is 28.0 Å². The smallest absolute Gasteiger partial charge is 0.345 e. The Morgan fingerprint density at radius 1 is 0.826 bits per heavy atom. The second-order valence-electron chi connectivity index (χ2n) is 4.36. The first kappa shape index (κ1) is 17.6. The van der Waals surface area contributed by atoms with Crippen LogP contribution >= 0.6 is 23.5 Å². The fourth-order valence-corrected chi connectivity index (χ4v) is 4.68. The molecule has 0 amide bonds. The molecule has 1 heterocycles. The number of ether oxygens (including phenoxy) is 4. The van der Waals surface area contributed by atoms with Crippen LogP contribution in [0, 0.1) is 0 Å². The Hall–Kier alpha value is -1.80. The van der Waals surface area contributed by atoms with Crippen LogP contribution in [-0.2, 0) is 19.1 Å². The summed E-state index contributed by atoms with van der Waals surface area (Å²) in [5.74, 6) is 0.152. The number of thioether (sulfide) groups is 2. The van der Waals surface area contributed by atoms with Crippen molar-refractivity contribution in [2.75, 3.05) is 28.4 Å². The summed E-state index contributed by atoms with van der Waals surface area (Å²) in [6, 6.07) is 5.42. The second kappa shape index (κ2) is 7.65. The molecule has 0 aliphatic carbocycles. The maximum atomic E-state index is 11.9. The zero-order valence-electron chi connectivity index (χ0n) is 13.1. The van der Waals surface area contributed by atoms with E-state index in [0.29, 0.717) is 11.5 Å². The normalized spacial score (nSPS) is 14.6. The third kappa shape index (κ3) is 3.76. The van der Waals surface area contributed by atoms with E-state index in [1.807, 2.05) is 12.1 Å². The first-order valence-electron chi connectivity index (χ1n) is 6.51. The Labute approximate surface area is 142 Å². The number of rotatable bonds is 5. The van der Waals surface area contributed by atoms with Gasteiger partial charge in [0.15, 0.2) is 0 Å². The molecule has 23 heavy (non-hydrogen) atoms. The minimum atomic E-state index is -0.555. The Kier molecular flexibility index (Phi) is 5.84. The second-order valence-corrected chi connectivity index (χ2v) is 6.88. The van der Waals surface area contributed by atoms with E-state index < -0.39 is 11.9 Å². The van der Waals surface area contributed by atoms with Crippen LogP contribution in [-0.4, -0.2) is 40.4 Å². The van der Waals surface area contributed by atoms with Gasteiger partial charge in [0.1, 0.15) is 21.3 Å². The summed E-state index contributed by atoms with van der Waals surface area (Å²) in [4.78, 5) is 24.3. The molecule has 0 saturated carbocycles. The lowest BCUT2D eigenvalue weighted by Crippen LogP contribution is -2.08. The van der Waals surface area contributed by atoms with Crippen molar-refractivity contribution in [2.24, 2.45) is 0 Å². The Bertz CT molecular complexity index is 605. The maximum Gasteiger partial charge on any atom is 0.345 e. The first-order chi connectivity index (χ1) is 11.0. The predicted molar refractivity (Wildman–Crippen MR) is 88.5 cm³/mol. The fraction of sp³-hybridized carbons (Fsp3) is 0.333. The van der Waals surface area contributed by atoms with E-state index in [0.717, 1.165) is 5.56 Å². The molecule has 1 aliphatic heterocycles. The monoisotopic (exact) mass is 356 g/mol. The summed E-state index contributed by atoms with van der Waals surface area (Å²) in [6.07, 6.45) is 0. The third-order valence-corrected chi connectivity index (χ3v) is 5.94. The number of methoxy groups -OCH3 is 4. The van der Waals surface area contributed by atoms with Crippen molar-refractivity contribution in [1.82, 2.24) is 0 Å². The Morgan fingerprint density at radius 3 is 1.61 bits per heavy atom. The van der Waals surface area contributed by atoms with E-state index in [4.69, 9.17) is 18.9 Å². The van der Waals surface area contributed by atoms with E-state index in [-0.39, 0.29) is 14.4 Å². The lowest BCUT2D eigenvalue weighted by Gasteiger charge is -2.13. The van der Waals surface area contributed by atoms with Crippen molar-refractivity contribution in [1.29, 1.82) is 0 Å². The van der Waals surface area contributed by atoms with E-state index in [2.05, 4.69) is 0 Å². The van der Waals surface area contributed by atoms with Gasteiger partial charge >= 0.3 is 11.9 Å². The molecule has 0 unspecified atom stereocenters. The lowest BCUT2D eigenvalue weighted by molar-refractivity contribution is -0.138. The van der Waals surface area contributed by atoms with Gasteiger partial charge in [-0.1, -0.05) is 23.5 Å². The highest BCUT2D eigenvalue weighted by molar-refractivity contribution is 8.23. The van der Waals surface area contributed by atoms with E-state index >= 15 is 0 Å². The molecule has 1 aliphatic rings. The van der Waals surface area contributed by atoms with E-state index in [1.165, 1.54) is 37.7 Å². The van der Waals surface area contributed by atoms with Crippen LogP contribution < -0.4 is 9.47 Å². The van der Waals surface area contributed by atoms with Crippen molar-refractivity contribution >= 4 is 35.5 Å². The molecule has 6 nitrogen and oxygen atoms in total. The van der Waals surface area contributed by atoms with Crippen LogP contribution in [0.1, 0.15) is 10.1 Å². The van der Waals surface area contributed by atoms with Gasteiger partial charge in [-0.25, -0.2) is 9.59 Å². The molecule has 0 bridgehead atoms. The fourth-order valence-electron chi connectivity index (χ4n) is 1.91. The number of benzene rings is 1. The molecular formula is C15H16O6S2. The number of carbonyl (C=O) groups excluding carboxylic acids is 2. The third-order valence-electron chi connectivity index (χ3n) is 3.04. The van der Waals surface area contributed by atoms with Crippen LogP contribution in [0.2, 0.25) is 0 Å². The number of esters is 2. The standard InChI is InChI=1S/C15H16O6S2/c1-18-9-5-8(6-10(7-9)19-2)15-22-11(13(16)20-3)12(23-15)14(17)21-4/h5-7,15H,1-4H3. The van der Waals surface area contributed by atoms with Gasteiger partial charge in [0.05, 0.1) is 33.0 Å². The van der Waals surface area contributed by atoms with Crippen molar-refractivity contribution in [3.05, 3.63) is 33.6 Å². The van der Waals surface area contributed by atoms with Gasteiger partial charge in [-0.15, -0.1) is 0 Å². The summed E-state index contributed by atoms with van der Waals surface area (Å²) < 4.78 is 19.8. The highest BCUT2D eigenvalue weighted by Gasteiger charge is 2.36. The molecule has 0 fully saturated rings. The topological polar surface area (TPSA) is 71.1 Å². The maximum absolute atomic E-state index is 11.9. The molecule has 1 aromatic carbocycles. The molecule has 0 saturated heterocycles. The van der Waals surface area contributed by atoms with E-state index in [9.17, 15) is 9.59 Å². The molecule has 8 heteroatoms. The molecule has 0 radical (unpaired) electrons. The summed E-state index contributed by atoms with van der Waals surface area (Å²) in [7, 11) is 5.67. The number of carbonyl (C=O) groups is 2. The van der Waals surface area contributed by atoms with Crippen LogP contribution in [0.3, 0.4) is 0 Å². The predicted octanol–water partition coefficient (Wildman–Crippen LogP) is 2.74. The zero-order valence-corrected chi connectivity index (χ0v) is 14.7. The summed E-state index contributed by atoms with van der Waals surface area (Å²) >= 11 is 2.49. The lowest BCUT2D eigenvalue weighted by atomic mass is 10.2. The van der Waals surface area contributed by atoms with Crippen molar-refractivity contribution in [2.45, 2.75) is 4.58 Å². The molecule has 1 aromatic rings. The van der Waals surface area contributed by atoms with Gasteiger partial charge in [0.25, 0.3) is 0 Å². The van der Waals surface area contributed by atoms with Gasteiger partial charge in [-0.3, -0.25) is 0 Å². The Balaban J connectivity index is 2.35. The van der Waals surface area contributed by atoms with E-state index in [1.54, 1.807) is 20.3 Å². The molecule has 124 valence electrons. The van der Waals surface area contributed by atoms with Crippen LogP contribution in [0.25, 0.3) is 0 Å². The SMILES string of the molecule is COC(=O)C1=C(C(=O)OC)SC(c2cc(OC)cc(OC)c2)S1. The molecular weight excluding hydrogens is 340 g/mol. The zero-order chi connectivity index (χ0) is 17.0. The van der Waals surface area contributed by atoms with Gasteiger partial charge in [-0.05, 0) is 17.7 Å². The van der Waals surface area contributed by atoms with Crippen molar-refractivity contribution < 1.29 is 28.5 Å². The van der Waals surface area contributed by atoms with Gasteiger partial charge in [-0.2, -0.15) is 0 Å². The molecule has 0 atom stereocenters. The first-order valence-corrected chi connectivity index (χ1v) is 8.27. The Morgan fingerprint density at radius 2 is 1.26 bits per heavy atom. The molecule has 0 aromatic heterocycles. The minimum Gasteiger partial charge on any atom is -0.497 e.